The Morgan fingerprint density at radius 1 is 1.11 bits per heavy atom. The molecule has 27 heavy (non-hydrogen) atoms. The van der Waals surface area contributed by atoms with Crippen LogP contribution >= 0.6 is 11.6 Å². The largest absolute Gasteiger partial charge is 0.496 e. The van der Waals surface area contributed by atoms with Crippen molar-refractivity contribution < 1.29 is 9.53 Å². The van der Waals surface area contributed by atoms with Gasteiger partial charge in [0.2, 0.25) is 5.95 Å². The lowest BCUT2D eigenvalue weighted by molar-refractivity contribution is 0.0763. The number of amides is 1. The van der Waals surface area contributed by atoms with E-state index < -0.39 is 0 Å². The highest BCUT2D eigenvalue weighted by atomic mass is 35.5. The van der Waals surface area contributed by atoms with E-state index in [-0.39, 0.29) is 5.91 Å². The number of benzene rings is 1. The summed E-state index contributed by atoms with van der Waals surface area (Å²) >= 11 is 6.08. The smallest absolute Gasteiger partial charge is 0.257 e. The maximum absolute atomic E-state index is 13.0. The van der Waals surface area contributed by atoms with Gasteiger partial charge in [-0.25, -0.2) is 0 Å². The molecule has 140 valence electrons. The van der Waals surface area contributed by atoms with Crippen LogP contribution in [0.1, 0.15) is 16.8 Å². The van der Waals surface area contributed by atoms with Gasteiger partial charge in [-0.3, -0.25) is 9.20 Å². The zero-order valence-corrected chi connectivity index (χ0v) is 15.8. The van der Waals surface area contributed by atoms with E-state index >= 15 is 0 Å². The fraction of sp³-hybridized carbons (Fsp3) is 0.316. The second kappa shape index (κ2) is 7.44. The second-order valence-corrected chi connectivity index (χ2v) is 6.84. The Bertz CT molecular complexity index is 974. The van der Waals surface area contributed by atoms with Crippen molar-refractivity contribution in [3.63, 3.8) is 0 Å². The van der Waals surface area contributed by atoms with Gasteiger partial charge >= 0.3 is 0 Å². The van der Waals surface area contributed by atoms with Crippen molar-refractivity contribution in [3.05, 3.63) is 53.2 Å². The number of rotatable bonds is 3. The molecular formula is C19H20ClN5O2. The fourth-order valence-corrected chi connectivity index (χ4v) is 3.55. The third kappa shape index (κ3) is 3.42. The van der Waals surface area contributed by atoms with E-state index in [9.17, 15) is 4.79 Å². The third-order valence-electron chi connectivity index (χ3n) is 4.75. The Kier molecular flexibility index (Phi) is 4.85. The van der Waals surface area contributed by atoms with Gasteiger partial charge in [0.25, 0.3) is 5.91 Å². The highest BCUT2D eigenvalue weighted by Gasteiger charge is 2.24. The molecule has 0 radical (unpaired) electrons. The van der Waals surface area contributed by atoms with E-state index in [1.165, 1.54) is 0 Å². The lowest BCUT2D eigenvalue weighted by atomic mass is 10.1. The quantitative estimate of drug-likeness (QED) is 0.693. The van der Waals surface area contributed by atoms with Gasteiger partial charge in [-0.15, -0.1) is 10.2 Å². The van der Waals surface area contributed by atoms with Crippen LogP contribution in [0.3, 0.4) is 0 Å². The van der Waals surface area contributed by atoms with Crippen molar-refractivity contribution >= 4 is 29.1 Å². The molecule has 7 nitrogen and oxygen atoms in total. The second-order valence-electron chi connectivity index (χ2n) is 6.41. The van der Waals surface area contributed by atoms with Crippen LogP contribution in [0.5, 0.6) is 5.75 Å². The molecule has 1 fully saturated rings. The number of hydrogen-bond acceptors (Lipinski definition) is 5. The molecule has 1 saturated heterocycles. The van der Waals surface area contributed by atoms with E-state index in [1.54, 1.807) is 25.3 Å². The molecule has 0 spiro atoms. The van der Waals surface area contributed by atoms with Crippen molar-refractivity contribution in [2.75, 3.05) is 38.2 Å². The van der Waals surface area contributed by atoms with Crippen LogP contribution in [0.2, 0.25) is 5.02 Å². The number of carbonyl (C=O) groups is 1. The van der Waals surface area contributed by atoms with Crippen LogP contribution < -0.4 is 9.64 Å². The molecule has 0 aliphatic carbocycles. The Morgan fingerprint density at radius 3 is 2.85 bits per heavy atom. The van der Waals surface area contributed by atoms with Gasteiger partial charge in [-0.05, 0) is 36.8 Å². The molecular weight excluding hydrogens is 366 g/mol. The van der Waals surface area contributed by atoms with Crippen LogP contribution in [0.4, 0.5) is 5.95 Å². The molecule has 2 aromatic heterocycles. The summed E-state index contributed by atoms with van der Waals surface area (Å²) in [6.07, 6.45) is 2.80. The first-order chi connectivity index (χ1) is 13.2. The highest BCUT2D eigenvalue weighted by molar-refractivity contribution is 6.31. The Labute approximate surface area is 162 Å². The highest BCUT2D eigenvalue weighted by Crippen LogP contribution is 2.25. The molecule has 0 bridgehead atoms. The molecule has 1 amide bonds. The monoisotopic (exact) mass is 385 g/mol. The Hall–Kier alpha value is -2.80. The number of ether oxygens (including phenoxy) is 1. The van der Waals surface area contributed by atoms with Crippen LogP contribution in [-0.2, 0) is 0 Å². The molecule has 0 unspecified atom stereocenters. The standard InChI is InChI=1S/C19H20ClN5O2/c1-27-16-7-6-14(20)13-15(16)18(26)23-8-4-9-24(12-11-23)19-22-21-17-5-2-3-10-25(17)19/h2-3,5-7,10,13H,4,8-9,11-12H2,1H3. The number of carbonyl (C=O) groups excluding carboxylic acids is 1. The lowest BCUT2D eigenvalue weighted by Crippen LogP contribution is -2.35. The number of aromatic nitrogens is 3. The first-order valence-corrected chi connectivity index (χ1v) is 9.22. The number of pyridine rings is 1. The van der Waals surface area contributed by atoms with Crippen molar-refractivity contribution in [2.45, 2.75) is 6.42 Å². The number of halogens is 1. The van der Waals surface area contributed by atoms with E-state index in [0.717, 1.165) is 24.6 Å². The van der Waals surface area contributed by atoms with Crippen molar-refractivity contribution in [3.8, 4) is 5.75 Å². The molecule has 0 atom stereocenters. The number of hydrogen-bond donors (Lipinski definition) is 0. The number of anilines is 1. The number of fused-ring (bicyclic) bond motifs is 1. The minimum absolute atomic E-state index is 0.0673. The summed E-state index contributed by atoms with van der Waals surface area (Å²) in [4.78, 5) is 17.0. The Balaban J connectivity index is 1.53. The Morgan fingerprint density at radius 2 is 2.00 bits per heavy atom. The summed E-state index contributed by atoms with van der Waals surface area (Å²) in [6, 6.07) is 10.9. The predicted octanol–water partition coefficient (Wildman–Crippen LogP) is 2.74. The number of nitrogens with zero attached hydrogens (tertiary/aromatic N) is 5. The first kappa shape index (κ1) is 17.6. The van der Waals surface area contributed by atoms with Gasteiger partial charge in [0, 0.05) is 37.4 Å². The molecule has 1 aliphatic heterocycles. The van der Waals surface area contributed by atoms with Crippen LogP contribution in [-0.4, -0.2) is 58.7 Å². The fourth-order valence-electron chi connectivity index (χ4n) is 3.38. The molecule has 3 aromatic rings. The minimum Gasteiger partial charge on any atom is -0.496 e. The van der Waals surface area contributed by atoms with Gasteiger partial charge in [-0.2, -0.15) is 0 Å². The lowest BCUT2D eigenvalue weighted by Gasteiger charge is -2.23. The van der Waals surface area contributed by atoms with Crippen LogP contribution in [0, 0.1) is 0 Å². The zero-order valence-electron chi connectivity index (χ0n) is 15.0. The van der Waals surface area contributed by atoms with E-state index in [4.69, 9.17) is 16.3 Å². The van der Waals surface area contributed by atoms with Crippen LogP contribution in [0.15, 0.2) is 42.6 Å². The van der Waals surface area contributed by atoms with Gasteiger partial charge in [-0.1, -0.05) is 17.7 Å². The van der Waals surface area contributed by atoms with Crippen LogP contribution in [0.25, 0.3) is 5.65 Å². The summed E-state index contributed by atoms with van der Waals surface area (Å²) < 4.78 is 7.30. The number of methoxy groups -OCH3 is 1. The normalized spacial score (nSPS) is 15.0. The van der Waals surface area contributed by atoms with Crippen molar-refractivity contribution in [1.82, 2.24) is 19.5 Å². The van der Waals surface area contributed by atoms with E-state index in [1.807, 2.05) is 33.7 Å². The maximum Gasteiger partial charge on any atom is 0.257 e. The summed E-state index contributed by atoms with van der Waals surface area (Å²) in [5.74, 6) is 1.27. The molecule has 3 heterocycles. The predicted molar refractivity (Wildman–Crippen MR) is 104 cm³/mol. The molecule has 4 rings (SSSR count). The third-order valence-corrected chi connectivity index (χ3v) is 4.99. The molecule has 8 heteroatoms. The van der Waals surface area contributed by atoms with E-state index in [0.29, 0.717) is 36.0 Å². The van der Waals surface area contributed by atoms with Crippen molar-refractivity contribution in [2.24, 2.45) is 0 Å². The van der Waals surface area contributed by atoms with Gasteiger partial charge in [0.1, 0.15) is 5.75 Å². The summed E-state index contributed by atoms with van der Waals surface area (Å²) in [5, 5.41) is 9.06. The van der Waals surface area contributed by atoms with E-state index in [2.05, 4.69) is 15.1 Å². The average molecular weight is 386 g/mol. The van der Waals surface area contributed by atoms with Gasteiger partial charge < -0.3 is 14.5 Å². The summed E-state index contributed by atoms with van der Waals surface area (Å²) in [7, 11) is 1.56. The average Bonchev–Trinajstić information content (AvgIpc) is 2.97. The maximum atomic E-state index is 13.0. The van der Waals surface area contributed by atoms with Gasteiger partial charge in [0.15, 0.2) is 5.65 Å². The molecule has 1 aromatic carbocycles. The summed E-state index contributed by atoms with van der Waals surface area (Å²) in [6.45, 7) is 2.76. The molecule has 0 N–H and O–H groups in total. The molecule has 0 saturated carbocycles. The zero-order chi connectivity index (χ0) is 18.8. The molecule has 1 aliphatic rings. The van der Waals surface area contributed by atoms with Gasteiger partial charge in [0.05, 0.1) is 12.7 Å². The topological polar surface area (TPSA) is 63.0 Å². The SMILES string of the molecule is COc1ccc(Cl)cc1C(=O)N1CCCN(c2nnc3ccccn23)CC1. The van der Waals surface area contributed by atoms with Crippen molar-refractivity contribution in [1.29, 1.82) is 0 Å². The first-order valence-electron chi connectivity index (χ1n) is 8.85. The summed E-state index contributed by atoms with van der Waals surface area (Å²) in [5.41, 5.74) is 1.31. The minimum atomic E-state index is -0.0673.